The van der Waals surface area contributed by atoms with E-state index >= 15 is 0 Å². The van der Waals surface area contributed by atoms with E-state index in [2.05, 4.69) is 10.1 Å². The van der Waals surface area contributed by atoms with E-state index in [-0.39, 0.29) is 18.1 Å². The van der Waals surface area contributed by atoms with E-state index in [1.54, 1.807) is 20.8 Å². The number of halogens is 2. The minimum Gasteiger partial charge on any atom is -0.444 e. The molecule has 0 unspecified atom stereocenters. The molecule has 0 spiro atoms. The lowest BCUT2D eigenvalue weighted by molar-refractivity contribution is 0.0239. The normalized spacial score (nSPS) is 14.7. The fraction of sp³-hybridized carbons (Fsp3) is 0.533. The smallest absolute Gasteiger partial charge is 0.410 e. The van der Waals surface area contributed by atoms with Crippen molar-refractivity contribution >= 4 is 16.1 Å². The lowest BCUT2D eigenvalue weighted by Gasteiger charge is -2.24. The molecule has 2 aromatic rings. The molecule has 148 valence electrons. The second-order valence-electron chi connectivity index (χ2n) is 7.11. The fourth-order valence-electron chi connectivity index (χ4n) is 2.53. The lowest BCUT2D eigenvalue weighted by Crippen LogP contribution is -2.33. The predicted molar refractivity (Wildman–Crippen MR) is 88.5 cm³/mol. The van der Waals surface area contributed by atoms with E-state index in [9.17, 15) is 22.0 Å². The van der Waals surface area contributed by atoms with Crippen LogP contribution in [0.2, 0.25) is 0 Å². The number of aromatic nitrogens is 4. The topological polar surface area (TPSA) is 99.3 Å². The van der Waals surface area contributed by atoms with Crippen LogP contribution < -0.4 is 0 Å². The van der Waals surface area contributed by atoms with Gasteiger partial charge in [-0.05, 0) is 20.8 Å². The van der Waals surface area contributed by atoms with E-state index < -0.39 is 34.7 Å². The molecule has 0 radical (unpaired) electrons. The molecular formula is C15H19F2N5O4S. The molecule has 0 N–H and O–H groups in total. The minimum absolute atomic E-state index is 0.118. The van der Waals surface area contributed by atoms with Gasteiger partial charge in [-0.15, -0.1) is 0 Å². The third-order valence-electron chi connectivity index (χ3n) is 3.68. The molecule has 0 atom stereocenters. The molecule has 3 rings (SSSR count). The number of nitrogens with zero attached hydrogens (tertiary/aromatic N) is 5. The van der Waals surface area contributed by atoms with Gasteiger partial charge in [0.1, 0.15) is 5.60 Å². The molecule has 1 amide bonds. The van der Waals surface area contributed by atoms with Gasteiger partial charge in [0.2, 0.25) is 0 Å². The molecule has 3 heterocycles. The molecular weight excluding hydrogens is 384 g/mol. The highest BCUT2D eigenvalue weighted by molar-refractivity contribution is 7.89. The number of carbonyl (C=O) groups excluding carboxylic acids is 1. The Balaban J connectivity index is 1.76. The zero-order valence-corrected chi connectivity index (χ0v) is 15.8. The third-order valence-corrected chi connectivity index (χ3v) is 5.10. The predicted octanol–water partition coefficient (Wildman–Crippen LogP) is 1.83. The summed E-state index contributed by atoms with van der Waals surface area (Å²) in [5.41, 5.74) is 0.352. The second-order valence-corrected chi connectivity index (χ2v) is 8.86. The van der Waals surface area contributed by atoms with Crippen molar-refractivity contribution in [3.05, 3.63) is 30.0 Å². The highest BCUT2D eigenvalue weighted by atomic mass is 32.2. The Hall–Kier alpha value is -2.50. The van der Waals surface area contributed by atoms with Gasteiger partial charge >= 0.3 is 16.1 Å². The second kappa shape index (κ2) is 6.59. The number of fused-ring (bicyclic) bond motifs is 1. The Bertz CT molecular complexity index is 938. The summed E-state index contributed by atoms with van der Waals surface area (Å²) in [6, 6.07) is 0. The van der Waals surface area contributed by atoms with Crippen LogP contribution in [-0.2, 0) is 34.4 Å². The van der Waals surface area contributed by atoms with Crippen LogP contribution in [0, 0.1) is 0 Å². The Morgan fingerprint density at radius 1 is 1.30 bits per heavy atom. The van der Waals surface area contributed by atoms with Gasteiger partial charge in [0.25, 0.3) is 6.43 Å². The molecule has 0 aromatic carbocycles. The van der Waals surface area contributed by atoms with Crippen molar-refractivity contribution in [3.8, 4) is 0 Å². The number of ether oxygens (including phenoxy) is 1. The van der Waals surface area contributed by atoms with E-state index in [4.69, 9.17) is 4.74 Å². The van der Waals surface area contributed by atoms with Crippen LogP contribution >= 0.6 is 0 Å². The third kappa shape index (κ3) is 4.10. The number of hydrogen-bond acceptors (Lipinski definition) is 6. The Labute approximate surface area is 154 Å². The summed E-state index contributed by atoms with van der Waals surface area (Å²) in [6.07, 6.45) is 0.214. The average Bonchev–Trinajstić information content (AvgIpc) is 3.17. The summed E-state index contributed by atoms with van der Waals surface area (Å²) < 4.78 is 57.0. The summed E-state index contributed by atoms with van der Waals surface area (Å²) in [5, 5.41) is 3.64. The van der Waals surface area contributed by atoms with Gasteiger partial charge in [-0.3, -0.25) is 4.90 Å². The first-order valence-corrected chi connectivity index (χ1v) is 9.50. The van der Waals surface area contributed by atoms with E-state index in [1.165, 1.54) is 11.1 Å². The quantitative estimate of drug-likeness (QED) is 0.772. The maximum absolute atomic E-state index is 12.6. The molecule has 9 nitrogen and oxygen atoms in total. The zero-order chi connectivity index (χ0) is 20.0. The first-order chi connectivity index (χ1) is 12.5. The zero-order valence-electron chi connectivity index (χ0n) is 15.0. The summed E-state index contributed by atoms with van der Waals surface area (Å²) in [7, 11) is -4.10. The average molecular weight is 403 g/mol. The van der Waals surface area contributed by atoms with Gasteiger partial charge in [-0.1, -0.05) is 0 Å². The largest absolute Gasteiger partial charge is 0.444 e. The van der Waals surface area contributed by atoms with Crippen molar-refractivity contribution in [2.45, 2.75) is 57.5 Å². The summed E-state index contributed by atoms with van der Waals surface area (Å²) in [4.78, 5) is 17.2. The van der Waals surface area contributed by atoms with Gasteiger partial charge in [0.15, 0.2) is 5.03 Å². The summed E-state index contributed by atoms with van der Waals surface area (Å²) >= 11 is 0. The molecule has 27 heavy (non-hydrogen) atoms. The fourth-order valence-corrected chi connectivity index (χ4v) is 3.65. The maximum Gasteiger partial charge on any atom is 0.410 e. The van der Waals surface area contributed by atoms with Crippen LogP contribution in [0.5, 0.6) is 0 Å². The molecule has 1 aliphatic heterocycles. The van der Waals surface area contributed by atoms with Gasteiger partial charge in [-0.2, -0.15) is 17.6 Å². The van der Waals surface area contributed by atoms with Crippen LogP contribution in [0.3, 0.4) is 0 Å². The van der Waals surface area contributed by atoms with E-state index in [0.29, 0.717) is 11.3 Å². The number of imidazole rings is 1. The molecule has 0 saturated carbocycles. The van der Waals surface area contributed by atoms with Crippen LogP contribution in [0.4, 0.5) is 13.6 Å². The first-order valence-electron chi connectivity index (χ1n) is 8.06. The lowest BCUT2D eigenvalue weighted by atomic mass is 10.2. The highest BCUT2D eigenvalue weighted by Crippen LogP contribution is 2.25. The van der Waals surface area contributed by atoms with Gasteiger partial charge in [-0.25, -0.2) is 18.6 Å². The molecule has 0 bridgehead atoms. The van der Waals surface area contributed by atoms with Crippen LogP contribution in [-0.4, -0.2) is 50.2 Å². The van der Waals surface area contributed by atoms with Crippen LogP contribution in [0.15, 0.2) is 23.7 Å². The molecule has 0 saturated heterocycles. The van der Waals surface area contributed by atoms with Crippen molar-refractivity contribution in [1.82, 2.24) is 23.6 Å². The number of carbonyl (C=O) groups is 1. The van der Waals surface area contributed by atoms with Crippen LogP contribution in [0.25, 0.3) is 0 Å². The van der Waals surface area contributed by atoms with E-state index in [1.807, 2.05) is 0 Å². The van der Waals surface area contributed by atoms with Crippen LogP contribution in [0.1, 0.15) is 32.0 Å². The molecule has 2 aromatic heterocycles. The van der Waals surface area contributed by atoms with Crippen molar-refractivity contribution < 1.29 is 26.7 Å². The number of alkyl halides is 2. The Morgan fingerprint density at radius 2 is 2.00 bits per heavy atom. The molecule has 1 aliphatic rings. The van der Waals surface area contributed by atoms with Crippen molar-refractivity contribution in [3.63, 3.8) is 0 Å². The Kier molecular flexibility index (Phi) is 4.70. The Morgan fingerprint density at radius 3 is 2.59 bits per heavy atom. The van der Waals surface area contributed by atoms with Gasteiger partial charge < -0.3 is 9.30 Å². The first kappa shape index (κ1) is 19.3. The van der Waals surface area contributed by atoms with Crippen molar-refractivity contribution in [1.29, 1.82) is 0 Å². The van der Waals surface area contributed by atoms with E-state index in [0.717, 1.165) is 21.2 Å². The summed E-state index contributed by atoms with van der Waals surface area (Å²) in [6.45, 7) is 4.88. The molecule has 0 aliphatic carbocycles. The maximum atomic E-state index is 12.6. The monoisotopic (exact) mass is 403 g/mol. The van der Waals surface area contributed by atoms with Crippen molar-refractivity contribution in [2.24, 2.45) is 0 Å². The minimum atomic E-state index is -4.10. The van der Waals surface area contributed by atoms with Gasteiger partial charge in [0, 0.05) is 18.0 Å². The highest BCUT2D eigenvalue weighted by Gasteiger charge is 2.32. The molecule has 0 fully saturated rings. The van der Waals surface area contributed by atoms with Gasteiger partial charge in [0.05, 0.1) is 31.7 Å². The number of hydrogen-bond donors (Lipinski definition) is 0. The summed E-state index contributed by atoms with van der Waals surface area (Å²) in [5.74, 6) is 0. The standard InChI is InChI=1S/C15H19F2N5O4S/c1-15(2,3)26-14(23)21-4-10-5-22(19-11(10)6-21)27(24,25)13-8-20(9-18-13)7-12(16)17/h5,8-9,12H,4,6-7H2,1-3H3. The number of amides is 1. The van der Waals surface area contributed by atoms with Crippen molar-refractivity contribution in [2.75, 3.05) is 0 Å². The number of rotatable bonds is 4. The SMILES string of the molecule is CC(C)(C)OC(=O)N1Cc2cn(S(=O)(=O)c3cn(CC(F)F)cn3)nc2C1. The molecule has 12 heteroatoms.